The number of aromatic nitrogens is 3. The number of anilines is 1. The molecule has 0 radical (unpaired) electrons. The number of likely N-dealkylation sites (N-methyl/N-ethyl adjacent to an activating group) is 1. The molecule has 1 aliphatic heterocycles. The van der Waals surface area contributed by atoms with Crippen LogP contribution in [0.1, 0.15) is 19.3 Å². The number of aryl methyl sites for hydroxylation is 1. The normalized spacial score (nSPS) is 21.4. The van der Waals surface area contributed by atoms with Crippen molar-refractivity contribution in [1.82, 2.24) is 19.2 Å². The molecule has 1 atom stereocenters. The molecule has 7 nitrogen and oxygen atoms in total. The Morgan fingerprint density at radius 1 is 1.26 bits per heavy atom. The maximum Gasteiger partial charge on any atom is 0.346 e. The van der Waals surface area contributed by atoms with E-state index in [1.165, 1.54) is 22.9 Å². The molecule has 23 heavy (non-hydrogen) atoms. The summed E-state index contributed by atoms with van der Waals surface area (Å²) in [6.45, 7) is 1.62. The zero-order chi connectivity index (χ0) is 16.6. The summed E-state index contributed by atoms with van der Waals surface area (Å²) < 4.78 is 2.25. The fraction of sp³-hybridized carbons (Fsp3) is 0.562. The van der Waals surface area contributed by atoms with Crippen LogP contribution in [0.3, 0.4) is 0 Å². The van der Waals surface area contributed by atoms with E-state index in [0.717, 1.165) is 30.4 Å². The minimum atomic E-state index is -0.421. The highest BCUT2D eigenvalue weighted by molar-refractivity contribution is 5.39. The Kier molecular flexibility index (Phi) is 4.21. The molecule has 1 aromatic heterocycles. The van der Waals surface area contributed by atoms with E-state index in [1.807, 2.05) is 0 Å². The van der Waals surface area contributed by atoms with E-state index < -0.39 is 5.69 Å². The van der Waals surface area contributed by atoms with Crippen molar-refractivity contribution < 1.29 is 0 Å². The Balaban J connectivity index is 1.84. The highest BCUT2D eigenvalue weighted by atomic mass is 16.2. The summed E-state index contributed by atoms with van der Waals surface area (Å²) in [7, 11) is 5.11. The van der Waals surface area contributed by atoms with Gasteiger partial charge in [-0.3, -0.25) is 14.3 Å². The van der Waals surface area contributed by atoms with Crippen LogP contribution in [0, 0.1) is 0 Å². The predicted molar refractivity (Wildman–Crippen MR) is 89.6 cm³/mol. The molecule has 7 heteroatoms. The van der Waals surface area contributed by atoms with Gasteiger partial charge in [-0.2, -0.15) is 0 Å². The van der Waals surface area contributed by atoms with Crippen LogP contribution < -0.4 is 16.6 Å². The van der Waals surface area contributed by atoms with Crippen LogP contribution in [0.15, 0.2) is 32.9 Å². The molecule has 0 saturated heterocycles. The van der Waals surface area contributed by atoms with Crippen molar-refractivity contribution in [1.29, 1.82) is 0 Å². The molecule has 0 saturated carbocycles. The van der Waals surface area contributed by atoms with Crippen LogP contribution in [-0.4, -0.2) is 45.4 Å². The van der Waals surface area contributed by atoms with Gasteiger partial charge in [0.15, 0.2) is 0 Å². The van der Waals surface area contributed by atoms with Gasteiger partial charge in [-0.05, 0) is 31.9 Å². The third kappa shape index (κ3) is 2.88. The number of rotatable bonds is 3. The van der Waals surface area contributed by atoms with Crippen molar-refractivity contribution in [2.45, 2.75) is 25.3 Å². The zero-order valence-corrected chi connectivity index (χ0v) is 13.9. The average molecular weight is 317 g/mol. The summed E-state index contributed by atoms with van der Waals surface area (Å²) in [5.74, 6) is 0.218. The second-order valence-corrected chi connectivity index (χ2v) is 6.25. The van der Waals surface area contributed by atoms with Crippen LogP contribution in [0.4, 0.5) is 5.82 Å². The molecule has 0 bridgehead atoms. The molecule has 2 heterocycles. The van der Waals surface area contributed by atoms with Gasteiger partial charge in [0.05, 0.1) is 6.04 Å². The minimum Gasteiger partial charge on any atom is -0.362 e. The predicted octanol–water partition coefficient (Wildman–Crippen LogP) is 0.242. The van der Waals surface area contributed by atoms with Gasteiger partial charge >= 0.3 is 5.69 Å². The lowest BCUT2D eigenvalue weighted by Crippen LogP contribution is -2.45. The first-order valence-corrected chi connectivity index (χ1v) is 7.96. The molecular weight excluding hydrogens is 294 g/mol. The van der Waals surface area contributed by atoms with Crippen LogP contribution >= 0.6 is 0 Å². The Hall–Kier alpha value is -2.15. The van der Waals surface area contributed by atoms with Gasteiger partial charge in [0.2, 0.25) is 5.82 Å². The first-order chi connectivity index (χ1) is 11.0. The quantitative estimate of drug-likeness (QED) is 0.865. The number of hydrogen-bond acceptors (Lipinski definition) is 5. The van der Waals surface area contributed by atoms with Gasteiger partial charge in [-0.25, -0.2) is 9.48 Å². The van der Waals surface area contributed by atoms with Crippen LogP contribution in [0.25, 0.3) is 0 Å². The monoisotopic (exact) mass is 317 g/mol. The Morgan fingerprint density at radius 2 is 2.04 bits per heavy atom. The second-order valence-electron chi connectivity index (χ2n) is 6.25. The van der Waals surface area contributed by atoms with Gasteiger partial charge in [0.25, 0.3) is 5.56 Å². The molecule has 1 N–H and O–H groups in total. The summed E-state index contributed by atoms with van der Waals surface area (Å²) in [6, 6.07) is 0.221. The first-order valence-electron chi connectivity index (χ1n) is 7.96. The van der Waals surface area contributed by atoms with Crippen LogP contribution in [-0.2, 0) is 14.1 Å². The highest BCUT2D eigenvalue weighted by Gasteiger charge is 2.27. The van der Waals surface area contributed by atoms with E-state index >= 15 is 0 Å². The van der Waals surface area contributed by atoms with Crippen molar-refractivity contribution in [3.63, 3.8) is 0 Å². The van der Waals surface area contributed by atoms with Gasteiger partial charge in [-0.1, -0.05) is 17.7 Å². The smallest absolute Gasteiger partial charge is 0.346 e. The van der Waals surface area contributed by atoms with Crippen molar-refractivity contribution in [3.05, 3.63) is 44.1 Å². The molecule has 3 rings (SSSR count). The second kappa shape index (κ2) is 6.16. The van der Waals surface area contributed by atoms with E-state index in [9.17, 15) is 9.59 Å². The van der Waals surface area contributed by atoms with Crippen LogP contribution in [0.2, 0.25) is 0 Å². The summed E-state index contributed by atoms with van der Waals surface area (Å²) in [6.07, 6.45) is 7.80. The van der Waals surface area contributed by atoms with Gasteiger partial charge < -0.3 is 5.32 Å². The molecular formula is C16H23N5O2. The summed E-state index contributed by atoms with van der Waals surface area (Å²) in [5.41, 5.74) is 2.08. The number of nitrogens with one attached hydrogen (secondary N) is 1. The average Bonchev–Trinajstić information content (AvgIpc) is 2.56. The molecule has 1 aliphatic carbocycles. The van der Waals surface area contributed by atoms with E-state index in [2.05, 4.69) is 34.5 Å². The largest absolute Gasteiger partial charge is 0.362 e. The topological polar surface area (TPSA) is 72.2 Å². The maximum atomic E-state index is 12.2. The van der Waals surface area contributed by atoms with Crippen LogP contribution in [0.5, 0.6) is 0 Å². The minimum absolute atomic E-state index is 0.218. The number of nitrogens with zero attached hydrogens (tertiary/aromatic N) is 4. The third-order valence-electron chi connectivity index (χ3n) is 4.76. The lowest BCUT2D eigenvalue weighted by atomic mass is 9.86. The summed E-state index contributed by atoms with van der Waals surface area (Å²) in [4.78, 5) is 26.2. The lowest BCUT2D eigenvalue weighted by molar-refractivity contribution is 0.266. The van der Waals surface area contributed by atoms with E-state index in [0.29, 0.717) is 6.54 Å². The maximum absolute atomic E-state index is 12.2. The Bertz CT molecular complexity index is 787. The first kappa shape index (κ1) is 15.7. The van der Waals surface area contributed by atoms with Crippen molar-refractivity contribution in [3.8, 4) is 0 Å². The molecule has 2 aliphatic rings. The third-order valence-corrected chi connectivity index (χ3v) is 4.76. The van der Waals surface area contributed by atoms with Crippen molar-refractivity contribution in [2.24, 2.45) is 14.1 Å². The SMILES string of the molecule is CN1CCC2=C(C=CCC2)C1CNc1nn(C)c(=O)n(C)c1=O. The molecule has 0 fully saturated rings. The van der Waals surface area contributed by atoms with Gasteiger partial charge in [0.1, 0.15) is 0 Å². The molecule has 0 spiro atoms. The van der Waals surface area contributed by atoms with E-state index in [-0.39, 0.29) is 17.4 Å². The Morgan fingerprint density at radius 3 is 2.83 bits per heavy atom. The lowest BCUT2D eigenvalue weighted by Gasteiger charge is -2.37. The van der Waals surface area contributed by atoms with Crippen molar-refractivity contribution in [2.75, 3.05) is 25.5 Å². The molecule has 0 aromatic carbocycles. The summed E-state index contributed by atoms with van der Waals surface area (Å²) in [5, 5.41) is 7.19. The van der Waals surface area contributed by atoms with Crippen molar-refractivity contribution >= 4 is 5.82 Å². The zero-order valence-electron chi connectivity index (χ0n) is 13.9. The standard InChI is InChI=1S/C16H23N5O2/c1-19-9-8-11-6-4-5-7-12(11)13(19)10-17-14-15(22)20(2)16(23)21(3)18-14/h5,7,13H,4,6,8-10H2,1-3H3,(H,17,18). The summed E-state index contributed by atoms with van der Waals surface area (Å²) >= 11 is 0. The molecule has 1 unspecified atom stereocenters. The Labute approximate surface area is 134 Å². The number of allylic oxidation sites excluding steroid dienone is 1. The van der Waals surface area contributed by atoms with E-state index in [4.69, 9.17) is 0 Å². The number of hydrogen-bond donors (Lipinski definition) is 1. The van der Waals surface area contributed by atoms with E-state index in [1.54, 1.807) is 7.05 Å². The fourth-order valence-corrected chi connectivity index (χ4v) is 3.32. The molecule has 1 aromatic rings. The highest BCUT2D eigenvalue weighted by Crippen LogP contribution is 2.30. The molecule has 0 amide bonds. The fourth-order valence-electron chi connectivity index (χ4n) is 3.32. The van der Waals surface area contributed by atoms with Gasteiger partial charge in [-0.15, -0.1) is 5.10 Å². The van der Waals surface area contributed by atoms with Gasteiger partial charge in [0, 0.05) is 27.2 Å². The molecule has 124 valence electrons.